The van der Waals surface area contributed by atoms with Gasteiger partial charge in [-0.25, -0.2) is 0 Å². The van der Waals surface area contributed by atoms with E-state index in [9.17, 15) is 4.79 Å². The molecule has 0 aliphatic heterocycles. The van der Waals surface area contributed by atoms with E-state index < -0.39 is 5.97 Å². The summed E-state index contributed by atoms with van der Waals surface area (Å²) in [7, 11) is 0. The molecule has 0 spiro atoms. The molecule has 0 unspecified atom stereocenters. The highest BCUT2D eigenvalue weighted by molar-refractivity contribution is 14.1. The van der Waals surface area contributed by atoms with Crippen molar-refractivity contribution in [3.63, 3.8) is 0 Å². The Bertz CT molecular complexity index is 266. The molecular formula is C9H9IO2. The van der Waals surface area contributed by atoms with Gasteiger partial charge in [-0.1, -0.05) is 46.9 Å². The summed E-state index contributed by atoms with van der Waals surface area (Å²) in [6, 6.07) is 7.65. The molecule has 0 fully saturated rings. The summed E-state index contributed by atoms with van der Waals surface area (Å²) in [5, 5.41) is 8.49. The third-order valence-electron chi connectivity index (χ3n) is 1.53. The van der Waals surface area contributed by atoms with Crippen molar-refractivity contribution in [3.05, 3.63) is 35.4 Å². The zero-order chi connectivity index (χ0) is 8.97. The topological polar surface area (TPSA) is 37.3 Å². The van der Waals surface area contributed by atoms with Crippen molar-refractivity contribution >= 4 is 28.6 Å². The van der Waals surface area contributed by atoms with E-state index in [4.69, 9.17) is 5.11 Å². The molecule has 0 heterocycles. The van der Waals surface area contributed by atoms with E-state index in [-0.39, 0.29) is 6.42 Å². The standard InChI is InChI=1S/C9H9IO2/c10-6-8-3-1-7(2-4-8)5-9(11)12/h1-4H,5-6H2,(H,11,12). The van der Waals surface area contributed by atoms with Gasteiger partial charge in [-0.2, -0.15) is 0 Å². The normalized spacial score (nSPS) is 9.75. The number of carbonyl (C=O) groups is 1. The predicted octanol–water partition coefficient (Wildman–Crippen LogP) is 2.25. The molecule has 0 saturated heterocycles. The van der Waals surface area contributed by atoms with Gasteiger partial charge in [0.2, 0.25) is 0 Å². The van der Waals surface area contributed by atoms with E-state index in [1.165, 1.54) is 5.56 Å². The maximum Gasteiger partial charge on any atom is 0.307 e. The van der Waals surface area contributed by atoms with E-state index >= 15 is 0 Å². The van der Waals surface area contributed by atoms with Gasteiger partial charge in [0.05, 0.1) is 6.42 Å². The molecule has 1 N–H and O–H groups in total. The predicted molar refractivity (Wildman–Crippen MR) is 55.5 cm³/mol. The molecule has 0 aliphatic rings. The minimum atomic E-state index is -0.780. The van der Waals surface area contributed by atoms with Crippen LogP contribution in [0.25, 0.3) is 0 Å². The van der Waals surface area contributed by atoms with Crippen LogP contribution in [0, 0.1) is 0 Å². The Kier molecular flexibility index (Phi) is 3.52. The summed E-state index contributed by atoms with van der Waals surface area (Å²) in [5.41, 5.74) is 2.08. The second-order valence-corrected chi connectivity index (χ2v) is 3.28. The largest absolute Gasteiger partial charge is 0.481 e. The summed E-state index contributed by atoms with van der Waals surface area (Å²) in [4.78, 5) is 10.3. The minimum absolute atomic E-state index is 0.113. The summed E-state index contributed by atoms with van der Waals surface area (Å²) in [6.45, 7) is 0. The maximum atomic E-state index is 10.3. The van der Waals surface area contributed by atoms with Crippen LogP contribution in [0.15, 0.2) is 24.3 Å². The second kappa shape index (κ2) is 4.45. The Labute approximate surface area is 84.7 Å². The summed E-state index contributed by atoms with van der Waals surface area (Å²) < 4.78 is 0.963. The molecule has 1 aromatic rings. The van der Waals surface area contributed by atoms with E-state index in [2.05, 4.69) is 22.6 Å². The molecule has 0 radical (unpaired) electrons. The Morgan fingerprint density at radius 2 is 1.75 bits per heavy atom. The number of hydrogen-bond donors (Lipinski definition) is 1. The average molecular weight is 276 g/mol. The minimum Gasteiger partial charge on any atom is -0.481 e. The van der Waals surface area contributed by atoms with Gasteiger partial charge in [-0.15, -0.1) is 0 Å². The van der Waals surface area contributed by atoms with Gasteiger partial charge in [0.25, 0.3) is 0 Å². The van der Waals surface area contributed by atoms with E-state index in [1.54, 1.807) is 0 Å². The van der Waals surface area contributed by atoms with Crippen molar-refractivity contribution in [3.8, 4) is 0 Å². The van der Waals surface area contributed by atoms with Crippen LogP contribution in [-0.4, -0.2) is 11.1 Å². The SMILES string of the molecule is O=C(O)Cc1ccc(CI)cc1. The molecule has 12 heavy (non-hydrogen) atoms. The highest BCUT2D eigenvalue weighted by atomic mass is 127. The van der Waals surface area contributed by atoms with Crippen LogP contribution in [0.4, 0.5) is 0 Å². The van der Waals surface area contributed by atoms with E-state index in [1.807, 2.05) is 24.3 Å². The van der Waals surface area contributed by atoms with Crippen LogP contribution in [-0.2, 0) is 15.6 Å². The number of aliphatic carboxylic acids is 1. The third-order valence-corrected chi connectivity index (χ3v) is 2.41. The number of rotatable bonds is 3. The van der Waals surface area contributed by atoms with E-state index in [0.717, 1.165) is 9.99 Å². The molecule has 0 aromatic heterocycles. The number of carboxylic acid groups (broad SMARTS) is 1. The van der Waals surface area contributed by atoms with Crippen molar-refractivity contribution in [2.45, 2.75) is 10.8 Å². The zero-order valence-corrected chi connectivity index (χ0v) is 8.61. The Hall–Kier alpha value is -0.580. The van der Waals surface area contributed by atoms with E-state index in [0.29, 0.717) is 0 Å². The van der Waals surface area contributed by atoms with Crippen LogP contribution in [0.1, 0.15) is 11.1 Å². The van der Waals surface area contributed by atoms with Crippen LogP contribution < -0.4 is 0 Å². The van der Waals surface area contributed by atoms with Crippen molar-refractivity contribution in [2.24, 2.45) is 0 Å². The molecule has 2 nitrogen and oxygen atoms in total. The van der Waals surface area contributed by atoms with Gasteiger partial charge < -0.3 is 5.11 Å². The molecule has 0 aliphatic carbocycles. The summed E-state index contributed by atoms with van der Waals surface area (Å²) in [5.74, 6) is -0.780. The summed E-state index contributed by atoms with van der Waals surface area (Å²) in [6.07, 6.45) is 0.113. The number of benzene rings is 1. The molecular weight excluding hydrogens is 267 g/mol. The Morgan fingerprint density at radius 3 is 2.17 bits per heavy atom. The summed E-state index contributed by atoms with van der Waals surface area (Å²) >= 11 is 2.27. The van der Waals surface area contributed by atoms with Crippen LogP contribution in [0.2, 0.25) is 0 Å². The molecule has 0 bridgehead atoms. The third kappa shape index (κ3) is 2.81. The van der Waals surface area contributed by atoms with Gasteiger partial charge in [0.15, 0.2) is 0 Å². The van der Waals surface area contributed by atoms with Crippen LogP contribution in [0.3, 0.4) is 0 Å². The highest BCUT2D eigenvalue weighted by Gasteiger charge is 1.98. The zero-order valence-electron chi connectivity index (χ0n) is 6.46. The quantitative estimate of drug-likeness (QED) is 0.679. The highest BCUT2D eigenvalue weighted by Crippen LogP contribution is 2.08. The second-order valence-electron chi connectivity index (χ2n) is 2.52. The van der Waals surface area contributed by atoms with Crippen molar-refractivity contribution in [2.75, 3.05) is 0 Å². The molecule has 0 amide bonds. The maximum absolute atomic E-state index is 10.3. The van der Waals surface area contributed by atoms with Crippen molar-refractivity contribution in [1.82, 2.24) is 0 Å². The van der Waals surface area contributed by atoms with Gasteiger partial charge >= 0.3 is 5.97 Å². The lowest BCUT2D eigenvalue weighted by atomic mass is 10.1. The molecule has 3 heteroatoms. The Morgan fingerprint density at radius 1 is 1.25 bits per heavy atom. The number of carboxylic acids is 1. The first kappa shape index (κ1) is 9.51. The van der Waals surface area contributed by atoms with Crippen molar-refractivity contribution < 1.29 is 9.90 Å². The number of halogens is 1. The Balaban J connectivity index is 2.71. The fourth-order valence-corrected chi connectivity index (χ4v) is 1.43. The molecule has 0 atom stereocenters. The average Bonchev–Trinajstić information content (AvgIpc) is 2.05. The first-order valence-electron chi connectivity index (χ1n) is 3.58. The number of alkyl halides is 1. The van der Waals surface area contributed by atoms with Crippen LogP contribution in [0.5, 0.6) is 0 Å². The fraction of sp³-hybridized carbons (Fsp3) is 0.222. The van der Waals surface area contributed by atoms with Gasteiger partial charge in [0, 0.05) is 4.43 Å². The van der Waals surface area contributed by atoms with Gasteiger partial charge in [-0.3, -0.25) is 4.79 Å². The van der Waals surface area contributed by atoms with Gasteiger partial charge in [-0.05, 0) is 11.1 Å². The lowest BCUT2D eigenvalue weighted by Gasteiger charge is -1.98. The van der Waals surface area contributed by atoms with Gasteiger partial charge in [0.1, 0.15) is 0 Å². The van der Waals surface area contributed by atoms with Crippen LogP contribution >= 0.6 is 22.6 Å². The smallest absolute Gasteiger partial charge is 0.307 e. The number of hydrogen-bond acceptors (Lipinski definition) is 1. The first-order chi connectivity index (χ1) is 5.72. The first-order valence-corrected chi connectivity index (χ1v) is 5.10. The lowest BCUT2D eigenvalue weighted by Crippen LogP contribution is -1.99. The fourth-order valence-electron chi connectivity index (χ4n) is 0.921. The molecule has 0 saturated carbocycles. The lowest BCUT2D eigenvalue weighted by molar-refractivity contribution is -0.136. The van der Waals surface area contributed by atoms with Crippen molar-refractivity contribution in [1.29, 1.82) is 0 Å². The monoisotopic (exact) mass is 276 g/mol. The molecule has 1 aromatic carbocycles. The molecule has 64 valence electrons. The molecule has 1 rings (SSSR count).